The monoisotopic (exact) mass is 776 g/mol. The van der Waals surface area contributed by atoms with E-state index in [9.17, 15) is 32.3 Å². The Labute approximate surface area is 317 Å². The van der Waals surface area contributed by atoms with Crippen molar-refractivity contribution < 1.29 is 46.2 Å². The van der Waals surface area contributed by atoms with E-state index in [-0.39, 0.29) is 53.2 Å². The molecule has 0 saturated carbocycles. The third-order valence-electron chi connectivity index (χ3n) is 9.76. The van der Waals surface area contributed by atoms with Gasteiger partial charge in [-0.25, -0.2) is 14.2 Å². The highest BCUT2D eigenvalue weighted by molar-refractivity contribution is 6.05. The number of imide groups is 1. The highest BCUT2D eigenvalue weighted by Gasteiger charge is 2.38. The van der Waals surface area contributed by atoms with Crippen LogP contribution in [0, 0.1) is 5.82 Å². The normalized spacial score (nSPS) is 16.4. The van der Waals surface area contributed by atoms with Gasteiger partial charge in [-0.05, 0) is 48.2 Å². The Morgan fingerprint density at radius 1 is 1.02 bits per heavy atom. The fraction of sp³-hybridized carbons (Fsp3) is 0.316. The molecule has 2 fully saturated rings. The molecule has 4 heterocycles. The molecule has 5 amide bonds. The molecule has 18 heteroatoms. The number of aromatic nitrogens is 2. The number of rotatable bonds is 10. The molecule has 7 rings (SSSR count). The summed E-state index contributed by atoms with van der Waals surface area (Å²) >= 11 is 0. The summed E-state index contributed by atoms with van der Waals surface area (Å²) in [5.74, 6) is -3.70. The Hall–Kier alpha value is -6.30. The van der Waals surface area contributed by atoms with E-state index in [1.165, 1.54) is 29.0 Å². The number of alkyl halides is 3. The van der Waals surface area contributed by atoms with Gasteiger partial charge in [-0.3, -0.25) is 29.5 Å². The van der Waals surface area contributed by atoms with Gasteiger partial charge < -0.3 is 25.0 Å². The SMILES string of the molecule is COc1cc(C(=O)NC2CCN(Cc3ccc(N4CCC(=O)NC4=O)cc3)CC2)c(F)cc1Nc1ncc(C(F)(F)F)c(Oc2cccc3c2C(=O)N(C)C3)n1. The van der Waals surface area contributed by atoms with Gasteiger partial charge in [-0.15, -0.1) is 0 Å². The van der Waals surface area contributed by atoms with Crippen LogP contribution in [-0.2, 0) is 24.1 Å². The Balaban J connectivity index is 0.987. The van der Waals surface area contributed by atoms with Crippen LogP contribution >= 0.6 is 0 Å². The minimum Gasteiger partial charge on any atom is -0.495 e. The molecule has 3 aromatic carbocycles. The molecule has 0 radical (unpaired) electrons. The quantitative estimate of drug-likeness (QED) is 0.173. The number of piperidine rings is 1. The Bertz CT molecular complexity index is 2190. The zero-order chi connectivity index (χ0) is 39.7. The summed E-state index contributed by atoms with van der Waals surface area (Å²) in [7, 11) is 2.84. The van der Waals surface area contributed by atoms with Gasteiger partial charge in [-0.2, -0.15) is 18.2 Å². The van der Waals surface area contributed by atoms with Crippen LogP contribution in [0.3, 0.4) is 0 Å². The largest absolute Gasteiger partial charge is 0.495 e. The number of methoxy groups -OCH3 is 1. The maximum Gasteiger partial charge on any atom is 0.423 e. The molecule has 1 aromatic heterocycles. The Morgan fingerprint density at radius 2 is 1.77 bits per heavy atom. The summed E-state index contributed by atoms with van der Waals surface area (Å²) in [6.07, 6.45) is -2.95. The first kappa shape index (κ1) is 38.0. The second kappa shape index (κ2) is 15.4. The fourth-order valence-corrected chi connectivity index (χ4v) is 6.82. The van der Waals surface area contributed by atoms with Crippen molar-refractivity contribution in [2.24, 2.45) is 0 Å². The predicted molar refractivity (Wildman–Crippen MR) is 193 cm³/mol. The van der Waals surface area contributed by atoms with Crippen LogP contribution in [0.2, 0.25) is 0 Å². The van der Waals surface area contributed by atoms with Crippen molar-refractivity contribution in [2.75, 3.05) is 44.0 Å². The molecule has 292 valence electrons. The van der Waals surface area contributed by atoms with Gasteiger partial charge in [0.25, 0.3) is 11.8 Å². The number of carbonyl (C=O) groups excluding carboxylic acids is 4. The molecule has 0 atom stereocenters. The molecular weight excluding hydrogens is 740 g/mol. The van der Waals surface area contributed by atoms with Gasteiger partial charge in [-0.1, -0.05) is 24.3 Å². The number of benzene rings is 3. The van der Waals surface area contributed by atoms with Crippen molar-refractivity contribution in [3.05, 3.63) is 94.4 Å². The molecule has 2 saturated heterocycles. The lowest BCUT2D eigenvalue weighted by Gasteiger charge is -2.32. The predicted octanol–water partition coefficient (Wildman–Crippen LogP) is 5.61. The first-order valence-corrected chi connectivity index (χ1v) is 17.6. The van der Waals surface area contributed by atoms with Crippen molar-refractivity contribution in [1.82, 2.24) is 30.4 Å². The molecule has 0 unspecified atom stereocenters. The van der Waals surface area contributed by atoms with Crippen molar-refractivity contribution in [1.29, 1.82) is 0 Å². The second-order valence-electron chi connectivity index (χ2n) is 13.6. The lowest BCUT2D eigenvalue weighted by molar-refractivity contribution is -0.139. The molecule has 14 nitrogen and oxygen atoms in total. The number of anilines is 3. The second-order valence-corrected chi connectivity index (χ2v) is 13.6. The number of ether oxygens (including phenoxy) is 2. The van der Waals surface area contributed by atoms with E-state index in [1.807, 2.05) is 24.3 Å². The van der Waals surface area contributed by atoms with E-state index >= 15 is 4.39 Å². The molecule has 0 bridgehead atoms. The number of amides is 5. The lowest BCUT2D eigenvalue weighted by atomic mass is 10.0. The van der Waals surface area contributed by atoms with Crippen molar-refractivity contribution in [3.63, 3.8) is 0 Å². The van der Waals surface area contributed by atoms with E-state index in [0.29, 0.717) is 56.5 Å². The standard InChI is InChI=1S/C38H36F4N8O6/c1-48-20-22-4-3-5-29(32(22)35(48)53)56-34-26(38(40,41)42)18-43-36(47-34)45-28-17-27(39)25(16-30(28)55-2)33(52)44-23-10-13-49(14-11-23)19-21-6-8-24(9-7-21)50-15-12-31(51)46-37(50)54/h3-9,16-18,23H,10-15,19-20H2,1-2H3,(H,44,52)(H,43,45,47)(H,46,51,54). The zero-order valence-electron chi connectivity index (χ0n) is 30.2. The van der Waals surface area contributed by atoms with Crippen LogP contribution in [0.4, 0.5) is 39.7 Å². The van der Waals surface area contributed by atoms with Gasteiger partial charge in [0.1, 0.15) is 22.9 Å². The van der Waals surface area contributed by atoms with Gasteiger partial charge in [0.2, 0.25) is 17.7 Å². The van der Waals surface area contributed by atoms with E-state index < -0.39 is 47.2 Å². The lowest BCUT2D eigenvalue weighted by Crippen LogP contribution is -2.49. The summed E-state index contributed by atoms with van der Waals surface area (Å²) in [5.41, 5.74) is 0.758. The van der Waals surface area contributed by atoms with Crippen molar-refractivity contribution >= 4 is 41.1 Å². The number of urea groups is 1. The molecule has 4 aromatic rings. The van der Waals surface area contributed by atoms with E-state index in [4.69, 9.17) is 9.47 Å². The molecule has 3 aliphatic heterocycles. The number of nitrogens with one attached hydrogen (secondary N) is 3. The minimum absolute atomic E-state index is 0.00716. The molecule has 3 N–H and O–H groups in total. The summed E-state index contributed by atoms with van der Waals surface area (Å²) in [4.78, 5) is 62.4. The van der Waals surface area contributed by atoms with Gasteiger partial charge in [0.15, 0.2) is 0 Å². The van der Waals surface area contributed by atoms with Crippen molar-refractivity contribution in [3.8, 4) is 17.4 Å². The number of carbonyl (C=O) groups is 4. The number of fused-ring (bicyclic) bond motifs is 1. The summed E-state index contributed by atoms with van der Waals surface area (Å²) in [5, 5.41) is 7.85. The highest BCUT2D eigenvalue weighted by atomic mass is 19.4. The Morgan fingerprint density at radius 3 is 2.46 bits per heavy atom. The third kappa shape index (κ3) is 8.05. The summed E-state index contributed by atoms with van der Waals surface area (Å²) < 4.78 is 68.5. The maximum atomic E-state index is 15.5. The van der Waals surface area contributed by atoms with Gasteiger partial charge in [0, 0.05) is 70.2 Å². The summed E-state index contributed by atoms with van der Waals surface area (Å²) in [6.45, 7) is 2.55. The van der Waals surface area contributed by atoms with Crippen LogP contribution in [0.5, 0.6) is 17.4 Å². The number of hydrogen-bond acceptors (Lipinski definition) is 10. The van der Waals surface area contributed by atoms with Crippen LogP contribution in [0.1, 0.15) is 56.7 Å². The average molecular weight is 777 g/mol. The van der Waals surface area contributed by atoms with E-state index in [1.54, 1.807) is 19.2 Å². The van der Waals surface area contributed by atoms with Crippen LogP contribution in [0.15, 0.2) is 60.8 Å². The molecule has 3 aliphatic rings. The number of hydrogen-bond donors (Lipinski definition) is 3. The van der Waals surface area contributed by atoms with Crippen LogP contribution < -0.4 is 30.3 Å². The van der Waals surface area contributed by atoms with Crippen molar-refractivity contribution in [2.45, 2.75) is 44.6 Å². The smallest absolute Gasteiger partial charge is 0.423 e. The fourth-order valence-electron chi connectivity index (χ4n) is 6.82. The maximum absolute atomic E-state index is 15.5. The summed E-state index contributed by atoms with van der Waals surface area (Å²) in [6, 6.07) is 13.6. The van der Waals surface area contributed by atoms with E-state index in [0.717, 1.165) is 11.6 Å². The van der Waals surface area contributed by atoms with Gasteiger partial charge in [0.05, 0.1) is 23.9 Å². The molecule has 56 heavy (non-hydrogen) atoms. The number of likely N-dealkylation sites (tertiary alicyclic amines) is 1. The zero-order valence-corrected chi connectivity index (χ0v) is 30.2. The highest BCUT2D eigenvalue weighted by Crippen LogP contribution is 2.40. The molecular formula is C38H36F4N8O6. The van der Waals surface area contributed by atoms with Gasteiger partial charge >= 0.3 is 12.2 Å². The Kier molecular flexibility index (Phi) is 10.5. The topological polar surface area (TPSA) is 158 Å². The number of nitrogens with zero attached hydrogens (tertiary/aromatic N) is 5. The minimum atomic E-state index is -4.91. The van der Waals surface area contributed by atoms with Crippen LogP contribution in [-0.4, -0.2) is 83.4 Å². The van der Waals surface area contributed by atoms with E-state index in [2.05, 4.69) is 30.8 Å². The number of halogens is 4. The third-order valence-corrected chi connectivity index (χ3v) is 9.76. The molecule has 0 aliphatic carbocycles. The average Bonchev–Trinajstić information content (AvgIpc) is 3.45. The molecule has 0 spiro atoms. The first-order valence-electron chi connectivity index (χ1n) is 17.6. The first-order chi connectivity index (χ1) is 26.8. The van der Waals surface area contributed by atoms with Crippen LogP contribution in [0.25, 0.3) is 0 Å².